The molecule has 0 saturated heterocycles. The molecule has 158 valence electrons. The highest BCUT2D eigenvalue weighted by Gasteiger charge is 2.14. The van der Waals surface area contributed by atoms with Crippen LogP contribution in [0.3, 0.4) is 0 Å². The fourth-order valence-corrected chi connectivity index (χ4v) is 3.70. The van der Waals surface area contributed by atoms with Crippen LogP contribution in [0.15, 0.2) is 75.6 Å². The molecule has 0 saturated carbocycles. The third kappa shape index (κ3) is 4.53. The Hall–Kier alpha value is -3.79. The lowest BCUT2D eigenvalue weighted by Crippen LogP contribution is -2.28. The molecule has 0 atom stereocenters. The molecule has 1 amide bonds. The topological polar surface area (TPSA) is 99.7 Å². The lowest BCUT2D eigenvalue weighted by atomic mass is 10.2. The van der Waals surface area contributed by atoms with E-state index in [-0.39, 0.29) is 6.54 Å². The summed E-state index contributed by atoms with van der Waals surface area (Å²) in [5, 5.41) is 7.69. The number of rotatable bonds is 7. The number of nitrogens with zero attached hydrogens (tertiary/aromatic N) is 4. The summed E-state index contributed by atoms with van der Waals surface area (Å²) in [6.07, 6.45) is 1.41. The summed E-state index contributed by atoms with van der Waals surface area (Å²) in [5.41, 5.74) is 0.428. The van der Waals surface area contributed by atoms with Crippen molar-refractivity contribution in [1.29, 1.82) is 0 Å². The first-order valence-electron chi connectivity index (χ1n) is 9.27. The predicted molar refractivity (Wildman–Crippen MR) is 116 cm³/mol. The van der Waals surface area contributed by atoms with Gasteiger partial charge in [0.05, 0.1) is 19.9 Å². The van der Waals surface area contributed by atoms with Gasteiger partial charge in [-0.3, -0.25) is 4.79 Å². The summed E-state index contributed by atoms with van der Waals surface area (Å²) in [6, 6.07) is 16.5. The fourth-order valence-electron chi connectivity index (χ4n) is 2.90. The Kier molecular flexibility index (Phi) is 5.89. The van der Waals surface area contributed by atoms with Gasteiger partial charge in [-0.15, -0.1) is 5.10 Å². The number of nitrogens with one attached hydrogen (secondary N) is 1. The van der Waals surface area contributed by atoms with Crippen LogP contribution in [0.25, 0.3) is 5.65 Å². The number of benzene rings is 2. The Labute approximate surface area is 181 Å². The molecule has 1 N–H and O–H groups in total. The van der Waals surface area contributed by atoms with Gasteiger partial charge in [-0.2, -0.15) is 0 Å². The van der Waals surface area contributed by atoms with Crippen LogP contribution in [0.2, 0.25) is 0 Å². The number of ether oxygens (including phenoxy) is 2. The Morgan fingerprint density at radius 3 is 2.65 bits per heavy atom. The highest BCUT2D eigenvalue weighted by molar-refractivity contribution is 7.99. The predicted octanol–water partition coefficient (Wildman–Crippen LogP) is 2.70. The van der Waals surface area contributed by atoms with Crippen molar-refractivity contribution in [2.75, 3.05) is 19.5 Å². The smallest absolute Gasteiger partial charge is 0.352 e. The Balaban J connectivity index is 1.52. The van der Waals surface area contributed by atoms with E-state index in [9.17, 15) is 9.59 Å². The molecule has 0 fully saturated rings. The van der Waals surface area contributed by atoms with E-state index in [1.807, 2.05) is 30.3 Å². The molecule has 31 heavy (non-hydrogen) atoms. The number of anilines is 1. The number of methoxy groups -OCH3 is 2. The first-order chi connectivity index (χ1) is 15.1. The van der Waals surface area contributed by atoms with Crippen molar-refractivity contribution in [3.8, 4) is 11.5 Å². The van der Waals surface area contributed by atoms with Gasteiger partial charge in [0.1, 0.15) is 29.4 Å². The van der Waals surface area contributed by atoms with E-state index in [4.69, 9.17) is 9.47 Å². The monoisotopic (exact) mass is 437 g/mol. The van der Waals surface area contributed by atoms with Crippen molar-refractivity contribution >= 4 is 29.0 Å². The molecule has 9 nitrogen and oxygen atoms in total. The Morgan fingerprint density at radius 2 is 1.90 bits per heavy atom. The first kappa shape index (κ1) is 20.5. The molecule has 10 heteroatoms. The maximum atomic E-state index is 12.6. The number of carbonyl (C=O) groups is 1. The first-order valence-corrected chi connectivity index (χ1v) is 10.1. The van der Waals surface area contributed by atoms with E-state index in [1.54, 1.807) is 31.4 Å². The summed E-state index contributed by atoms with van der Waals surface area (Å²) in [7, 11) is 3.04. The summed E-state index contributed by atoms with van der Waals surface area (Å²) in [6.45, 7) is -0.253. The van der Waals surface area contributed by atoms with Gasteiger partial charge in [-0.05, 0) is 24.3 Å². The van der Waals surface area contributed by atoms with E-state index in [2.05, 4.69) is 15.4 Å². The second kappa shape index (κ2) is 8.92. The highest BCUT2D eigenvalue weighted by atomic mass is 32.2. The normalized spacial score (nSPS) is 10.8. The zero-order valence-electron chi connectivity index (χ0n) is 16.8. The minimum atomic E-state index is -0.449. The molecule has 2 heterocycles. The van der Waals surface area contributed by atoms with Crippen molar-refractivity contribution < 1.29 is 14.3 Å². The number of aromatic nitrogens is 4. The van der Waals surface area contributed by atoms with Gasteiger partial charge in [-0.1, -0.05) is 30.0 Å². The van der Waals surface area contributed by atoms with Gasteiger partial charge < -0.3 is 14.8 Å². The fraction of sp³-hybridized carbons (Fsp3) is 0.143. The molecule has 0 aliphatic carbocycles. The van der Waals surface area contributed by atoms with Crippen LogP contribution in [0, 0.1) is 0 Å². The maximum Gasteiger partial charge on any atom is 0.352 e. The summed E-state index contributed by atoms with van der Waals surface area (Å²) < 4.78 is 12.8. The van der Waals surface area contributed by atoms with Gasteiger partial charge in [0.25, 0.3) is 0 Å². The molecule has 0 bridgehead atoms. The molecule has 2 aromatic heterocycles. The van der Waals surface area contributed by atoms with E-state index in [0.29, 0.717) is 27.9 Å². The van der Waals surface area contributed by atoms with Gasteiger partial charge in [0, 0.05) is 17.0 Å². The van der Waals surface area contributed by atoms with Gasteiger partial charge >= 0.3 is 5.69 Å². The van der Waals surface area contributed by atoms with Crippen molar-refractivity contribution in [3.63, 3.8) is 0 Å². The number of amides is 1. The van der Waals surface area contributed by atoms with Gasteiger partial charge in [-0.25, -0.2) is 18.9 Å². The molecular formula is C21H19N5O4S. The zero-order chi connectivity index (χ0) is 21.8. The number of hydrogen-bond donors (Lipinski definition) is 1. The van der Waals surface area contributed by atoms with Crippen LogP contribution >= 0.6 is 11.8 Å². The van der Waals surface area contributed by atoms with Gasteiger partial charge in [0.15, 0.2) is 5.65 Å². The van der Waals surface area contributed by atoms with E-state index >= 15 is 0 Å². The minimum Gasteiger partial charge on any atom is -0.497 e. The molecule has 2 aromatic carbocycles. The van der Waals surface area contributed by atoms with E-state index in [0.717, 1.165) is 9.58 Å². The molecule has 0 aliphatic rings. The lowest BCUT2D eigenvalue weighted by Gasteiger charge is -2.11. The number of carbonyl (C=O) groups excluding carboxylic acids is 1. The molecule has 4 aromatic rings. The van der Waals surface area contributed by atoms with Crippen LogP contribution in [0.4, 0.5) is 5.69 Å². The average molecular weight is 437 g/mol. The third-order valence-electron chi connectivity index (χ3n) is 4.39. The summed E-state index contributed by atoms with van der Waals surface area (Å²) in [5.74, 6) is 0.630. The summed E-state index contributed by atoms with van der Waals surface area (Å²) >= 11 is 1.46. The van der Waals surface area contributed by atoms with Crippen LogP contribution in [0.5, 0.6) is 11.5 Å². The highest BCUT2D eigenvalue weighted by Crippen LogP contribution is 2.29. The second-order valence-electron chi connectivity index (χ2n) is 6.43. The minimum absolute atomic E-state index is 0.253. The largest absolute Gasteiger partial charge is 0.497 e. The zero-order valence-corrected chi connectivity index (χ0v) is 17.6. The molecule has 0 unspecified atom stereocenters. The molecule has 4 rings (SSSR count). The maximum absolute atomic E-state index is 12.6. The summed E-state index contributed by atoms with van der Waals surface area (Å²) in [4.78, 5) is 30.4. The molecule has 0 spiro atoms. The second-order valence-corrected chi connectivity index (χ2v) is 7.52. The van der Waals surface area contributed by atoms with Gasteiger partial charge in [0.2, 0.25) is 5.91 Å². The van der Waals surface area contributed by atoms with E-state index in [1.165, 1.54) is 29.6 Å². The van der Waals surface area contributed by atoms with Crippen molar-refractivity contribution in [2.45, 2.75) is 16.5 Å². The standard InChI is InChI=1S/C21H19N5O4S/c1-29-14-8-9-16(17(10-14)30-2)23-19(27)12-26-21(28)25-13-22-20(11-18(25)24-26)31-15-6-4-3-5-7-15/h3-11,13H,12H2,1-2H3,(H,23,27). The average Bonchev–Trinajstić information content (AvgIpc) is 3.09. The number of hydrogen-bond acceptors (Lipinski definition) is 7. The van der Waals surface area contributed by atoms with Crippen LogP contribution in [-0.2, 0) is 11.3 Å². The van der Waals surface area contributed by atoms with Crippen LogP contribution < -0.4 is 20.5 Å². The lowest BCUT2D eigenvalue weighted by molar-refractivity contribution is -0.117. The number of fused-ring (bicyclic) bond motifs is 1. The third-order valence-corrected chi connectivity index (χ3v) is 5.33. The van der Waals surface area contributed by atoms with E-state index < -0.39 is 11.6 Å². The Bertz CT molecular complexity index is 1290. The van der Waals surface area contributed by atoms with Crippen molar-refractivity contribution in [3.05, 3.63) is 71.4 Å². The molecule has 0 aliphatic heterocycles. The quantitative estimate of drug-likeness (QED) is 0.444. The van der Waals surface area contributed by atoms with Crippen molar-refractivity contribution in [2.24, 2.45) is 0 Å². The van der Waals surface area contributed by atoms with Crippen LogP contribution in [-0.4, -0.2) is 39.3 Å². The molecular weight excluding hydrogens is 418 g/mol. The SMILES string of the molecule is COc1ccc(NC(=O)Cn2nc3cc(Sc4ccccc4)ncn3c2=O)c(OC)c1. The Morgan fingerprint density at radius 1 is 1.10 bits per heavy atom. The van der Waals surface area contributed by atoms with Crippen LogP contribution in [0.1, 0.15) is 0 Å². The molecule has 0 radical (unpaired) electrons. The van der Waals surface area contributed by atoms with Crippen molar-refractivity contribution in [1.82, 2.24) is 19.2 Å².